The zero-order valence-corrected chi connectivity index (χ0v) is 12.7. The van der Waals surface area contributed by atoms with E-state index < -0.39 is 11.1 Å². The Kier molecular flexibility index (Phi) is 2.57. The first-order chi connectivity index (χ1) is 11.0. The van der Waals surface area contributed by atoms with Gasteiger partial charge in [-0.05, 0) is 32.0 Å². The average molecular weight is 306 g/mol. The van der Waals surface area contributed by atoms with Crippen molar-refractivity contribution >= 4 is 17.7 Å². The molecule has 2 aliphatic rings. The Hall–Kier alpha value is -2.91. The molecule has 4 rings (SSSR count). The number of hydrogen-bond donors (Lipinski definition) is 1. The lowest BCUT2D eigenvalue weighted by Crippen LogP contribution is -2.61. The van der Waals surface area contributed by atoms with Crippen LogP contribution in [0.25, 0.3) is 0 Å². The maximum absolute atomic E-state index is 10.7. The summed E-state index contributed by atoms with van der Waals surface area (Å²) in [6.45, 7) is 3.93. The SMILES string of the molecule is CC1(C)c2cccnc2N(O)[C@@]12C=Nc1ccc(C#N)cc1O2. The lowest BCUT2D eigenvalue weighted by molar-refractivity contribution is 0.00488. The van der Waals surface area contributed by atoms with E-state index in [0.29, 0.717) is 22.8 Å². The fourth-order valence-corrected chi connectivity index (χ4v) is 3.18. The van der Waals surface area contributed by atoms with Crippen molar-refractivity contribution in [2.45, 2.75) is 25.0 Å². The van der Waals surface area contributed by atoms with Crippen molar-refractivity contribution in [3.05, 3.63) is 47.7 Å². The second-order valence-corrected chi connectivity index (χ2v) is 6.16. The highest BCUT2D eigenvalue weighted by Gasteiger charge is 2.61. The van der Waals surface area contributed by atoms with Crippen molar-refractivity contribution in [1.82, 2.24) is 4.98 Å². The van der Waals surface area contributed by atoms with Gasteiger partial charge in [0, 0.05) is 17.8 Å². The highest BCUT2D eigenvalue weighted by atomic mass is 16.6. The third-order valence-corrected chi connectivity index (χ3v) is 4.60. The number of aliphatic imine (C=N–C) groups is 1. The van der Waals surface area contributed by atoms with Gasteiger partial charge in [-0.3, -0.25) is 10.2 Å². The van der Waals surface area contributed by atoms with Crippen LogP contribution in [-0.2, 0) is 5.41 Å². The molecule has 1 atom stereocenters. The second kappa shape index (κ2) is 4.31. The van der Waals surface area contributed by atoms with Gasteiger partial charge in [-0.2, -0.15) is 10.3 Å². The number of nitriles is 1. The van der Waals surface area contributed by atoms with Gasteiger partial charge < -0.3 is 4.74 Å². The van der Waals surface area contributed by atoms with E-state index >= 15 is 0 Å². The van der Waals surface area contributed by atoms with E-state index in [9.17, 15) is 5.21 Å². The summed E-state index contributed by atoms with van der Waals surface area (Å²) in [6, 6.07) is 10.9. The predicted molar refractivity (Wildman–Crippen MR) is 84.2 cm³/mol. The molecule has 0 saturated heterocycles. The number of fused-ring (bicyclic) bond motifs is 2. The molecular weight excluding hydrogens is 292 g/mol. The molecule has 0 aliphatic carbocycles. The number of hydroxylamine groups is 1. The van der Waals surface area contributed by atoms with Gasteiger partial charge in [0.2, 0.25) is 0 Å². The molecule has 0 bridgehead atoms. The molecule has 6 heteroatoms. The minimum atomic E-state index is -1.20. The number of ether oxygens (including phenoxy) is 1. The van der Waals surface area contributed by atoms with Gasteiger partial charge in [-0.1, -0.05) is 6.07 Å². The van der Waals surface area contributed by atoms with Gasteiger partial charge in [0.05, 0.1) is 23.3 Å². The molecule has 0 unspecified atom stereocenters. The van der Waals surface area contributed by atoms with Gasteiger partial charge >= 0.3 is 0 Å². The zero-order valence-electron chi connectivity index (χ0n) is 12.7. The normalized spacial score (nSPS) is 23.1. The Morgan fingerprint density at radius 2 is 2.13 bits per heavy atom. The molecule has 114 valence electrons. The fourth-order valence-electron chi connectivity index (χ4n) is 3.18. The van der Waals surface area contributed by atoms with Crippen LogP contribution in [0.4, 0.5) is 11.5 Å². The highest BCUT2D eigenvalue weighted by Crippen LogP contribution is 2.52. The summed E-state index contributed by atoms with van der Waals surface area (Å²) >= 11 is 0. The summed E-state index contributed by atoms with van der Waals surface area (Å²) in [5, 5.41) is 20.8. The van der Waals surface area contributed by atoms with E-state index in [1.165, 1.54) is 0 Å². The van der Waals surface area contributed by atoms with Crippen molar-refractivity contribution < 1.29 is 9.94 Å². The van der Waals surface area contributed by atoms with Crippen molar-refractivity contribution in [3.8, 4) is 11.8 Å². The Balaban J connectivity index is 1.89. The molecule has 0 fully saturated rings. The number of rotatable bonds is 0. The van der Waals surface area contributed by atoms with Gasteiger partial charge in [0.25, 0.3) is 5.72 Å². The van der Waals surface area contributed by atoms with Crippen molar-refractivity contribution in [1.29, 1.82) is 5.26 Å². The summed E-state index contributed by atoms with van der Waals surface area (Å²) in [7, 11) is 0. The van der Waals surface area contributed by atoms with Gasteiger partial charge in [0.1, 0.15) is 11.4 Å². The number of nitrogens with zero attached hydrogens (tertiary/aromatic N) is 4. The third kappa shape index (κ3) is 1.60. The van der Waals surface area contributed by atoms with Gasteiger partial charge in [-0.25, -0.2) is 4.98 Å². The van der Waals surface area contributed by atoms with Crippen LogP contribution in [0.15, 0.2) is 41.5 Å². The first-order valence-electron chi connectivity index (χ1n) is 7.22. The molecule has 1 aromatic heterocycles. The highest BCUT2D eigenvalue weighted by molar-refractivity contribution is 5.86. The fraction of sp³-hybridized carbons (Fsp3) is 0.235. The van der Waals surface area contributed by atoms with E-state index in [4.69, 9.17) is 10.00 Å². The van der Waals surface area contributed by atoms with E-state index in [0.717, 1.165) is 10.6 Å². The summed E-state index contributed by atoms with van der Waals surface area (Å²) in [4.78, 5) is 8.70. The average Bonchev–Trinajstić information content (AvgIpc) is 2.74. The first kappa shape index (κ1) is 13.7. The molecule has 0 amide bonds. The number of pyridine rings is 1. The molecule has 1 spiro atoms. The number of anilines is 1. The number of benzene rings is 1. The van der Waals surface area contributed by atoms with Crippen LogP contribution in [0.2, 0.25) is 0 Å². The molecule has 6 nitrogen and oxygen atoms in total. The molecule has 2 aliphatic heterocycles. The lowest BCUT2D eigenvalue weighted by atomic mass is 9.78. The number of aromatic nitrogens is 1. The van der Waals surface area contributed by atoms with Gasteiger partial charge in [-0.15, -0.1) is 0 Å². The summed E-state index contributed by atoms with van der Waals surface area (Å²) in [5.41, 5.74) is 0.184. The van der Waals surface area contributed by atoms with E-state index in [1.54, 1.807) is 30.6 Å². The van der Waals surface area contributed by atoms with E-state index in [-0.39, 0.29) is 0 Å². The van der Waals surface area contributed by atoms with E-state index in [2.05, 4.69) is 16.0 Å². The smallest absolute Gasteiger partial charge is 0.252 e. The quantitative estimate of drug-likeness (QED) is 0.809. The standard InChI is InChI=1S/C17H14N4O2/c1-16(2)12-4-3-7-19-15(12)21(22)17(16)10-20-13-6-5-11(9-18)8-14(13)23-17/h3-8,10,22H,1-2H3/t17-/m1/s1. The van der Waals surface area contributed by atoms with Crippen LogP contribution in [0.1, 0.15) is 25.0 Å². The minimum absolute atomic E-state index is 0.448. The van der Waals surface area contributed by atoms with Crippen LogP contribution in [0, 0.1) is 11.3 Å². The molecule has 1 N–H and O–H groups in total. The maximum Gasteiger partial charge on any atom is 0.252 e. The summed E-state index contributed by atoms with van der Waals surface area (Å²) in [5.74, 6) is 0.912. The maximum atomic E-state index is 10.7. The Morgan fingerprint density at radius 3 is 2.87 bits per heavy atom. The topological polar surface area (TPSA) is 81.7 Å². The third-order valence-electron chi connectivity index (χ3n) is 4.60. The molecular formula is C17H14N4O2. The molecule has 23 heavy (non-hydrogen) atoms. The van der Waals surface area contributed by atoms with Crippen LogP contribution in [-0.4, -0.2) is 22.1 Å². The van der Waals surface area contributed by atoms with Crippen LogP contribution < -0.4 is 9.80 Å². The van der Waals surface area contributed by atoms with Crippen molar-refractivity contribution in [3.63, 3.8) is 0 Å². The lowest BCUT2D eigenvalue weighted by Gasteiger charge is -2.42. The van der Waals surface area contributed by atoms with Crippen LogP contribution >= 0.6 is 0 Å². The van der Waals surface area contributed by atoms with Gasteiger partial charge in [0.15, 0.2) is 5.82 Å². The Morgan fingerprint density at radius 1 is 1.30 bits per heavy atom. The van der Waals surface area contributed by atoms with Crippen molar-refractivity contribution in [2.24, 2.45) is 4.99 Å². The number of hydrogen-bond acceptors (Lipinski definition) is 6. The molecule has 3 heterocycles. The van der Waals surface area contributed by atoms with Crippen LogP contribution in [0.3, 0.4) is 0 Å². The second-order valence-electron chi connectivity index (χ2n) is 6.16. The Bertz CT molecular complexity index is 884. The molecule has 0 saturated carbocycles. The largest absolute Gasteiger partial charge is 0.457 e. The summed E-state index contributed by atoms with van der Waals surface area (Å²) < 4.78 is 6.17. The zero-order chi connectivity index (χ0) is 16.2. The minimum Gasteiger partial charge on any atom is -0.457 e. The van der Waals surface area contributed by atoms with Crippen molar-refractivity contribution in [2.75, 3.05) is 5.06 Å². The summed E-state index contributed by atoms with van der Waals surface area (Å²) in [6.07, 6.45) is 3.22. The monoisotopic (exact) mass is 306 g/mol. The van der Waals surface area contributed by atoms with E-state index in [1.807, 2.05) is 26.0 Å². The molecule has 1 aromatic carbocycles. The molecule has 0 radical (unpaired) electrons. The Labute approximate surface area is 133 Å². The van der Waals surface area contributed by atoms with Crippen LogP contribution in [0.5, 0.6) is 5.75 Å². The predicted octanol–water partition coefficient (Wildman–Crippen LogP) is 2.93. The first-order valence-corrected chi connectivity index (χ1v) is 7.22. The molecule has 2 aromatic rings.